The molecule has 0 saturated carbocycles. The molecule has 0 aromatic heterocycles. The maximum absolute atomic E-state index is 5.78. The second kappa shape index (κ2) is 4.74. The van der Waals surface area contributed by atoms with E-state index in [4.69, 9.17) is 10.5 Å². The molecule has 2 aromatic rings. The summed E-state index contributed by atoms with van der Waals surface area (Å²) in [5, 5.41) is 0. The number of anilines is 1. The van der Waals surface area contributed by atoms with Gasteiger partial charge in [-0.2, -0.15) is 0 Å². The van der Waals surface area contributed by atoms with Gasteiger partial charge in [0, 0.05) is 5.69 Å². The second-order valence-electron chi connectivity index (χ2n) is 3.61. The summed E-state index contributed by atoms with van der Waals surface area (Å²) in [6.45, 7) is 2.04. The van der Waals surface area contributed by atoms with E-state index in [0.717, 1.165) is 20.8 Å². The maximum Gasteiger partial charge on any atom is 0.140 e. The van der Waals surface area contributed by atoms with Crippen molar-refractivity contribution >= 4 is 28.3 Å². The van der Waals surface area contributed by atoms with Crippen LogP contribution in [-0.2, 0) is 0 Å². The molecular weight excluding hydrogens is 313 g/mol. The van der Waals surface area contributed by atoms with Crippen LogP contribution in [0.3, 0.4) is 0 Å². The van der Waals surface area contributed by atoms with Crippen molar-refractivity contribution in [3.63, 3.8) is 0 Å². The van der Waals surface area contributed by atoms with E-state index in [9.17, 15) is 0 Å². The number of halogens is 1. The first-order chi connectivity index (χ1) is 7.65. The fourth-order valence-electron chi connectivity index (χ4n) is 1.41. The van der Waals surface area contributed by atoms with Gasteiger partial charge in [0.25, 0.3) is 0 Å². The number of aryl methyl sites for hydroxylation is 1. The van der Waals surface area contributed by atoms with Crippen LogP contribution in [-0.4, -0.2) is 0 Å². The Morgan fingerprint density at radius 1 is 1.12 bits per heavy atom. The Kier molecular flexibility index (Phi) is 3.33. The third-order valence-corrected chi connectivity index (χ3v) is 3.02. The molecule has 0 atom stereocenters. The highest BCUT2D eigenvalue weighted by Crippen LogP contribution is 2.28. The highest BCUT2D eigenvalue weighted by atomic mass is 127. The van der Waals surface area contributed by atoms with Crippen molar-refractivity contribution in [2.45, 2.75) is 6.92 Å². The van der Waals surface area contributed by atoms with Gasteiger partial charge in [0.05, 0.1) is 3.57 Å². The zero-order valence-electron chi connectivity index (χ0n) is 8.91. The summed E-state index contributed by atoms with van der Waals surface area (Å²) < 4.78 is 6.79. The first kappa shape index (κ1) is 11.3. The zero-order chi connectivity index (χ0) is 11.5. The molecule has 16 heavy (non-hydrogen) atoms. The van der Waals surface area contributed by atoms with E-state index in [-0.39, 0.29) is 0 Å². The van der Waals surface area contributed by atoms with Gasteiger partial charge in [0.1, 0.15) is 11.5 Å². The van der Waals surface area contributed by atoms with Crippen LogP contribution < -0.4 is 10.5 Å². The smallest absolute Gasteiger partial charge is 0.140 e. The highest BCUT2D eigenvalue weighted by Gasteiger charge is 2.02. The average Bonchev–Trinajstić information content (AvgIpc) is 2.22. The van der Waals surface area contributed by atoms with E-state index in [0.29, 0.717) is 0 Å². The minimum atomic E-state index is 0.751. The molecule has 0 spiro atoms. The number of rotatable bonds is 2. The molecule has 2 N–H and O–H groups in total. The summed E-state index contributed by atoms with van der Waals surface area (Å²) in [4.78, 5) is 0. The lowest BCUT2D eigenvalue weighted by atomic mass is 10.2. The number of hydrogen-bond acceptors (Lipinski definition) is 2. The van der Waals surface area contributed by atoms with Gasteiger partial charge in [0.15, 0.2) is 0 Å². The first-order valence-corrected chi connectivity index (χ1v) is 6.02. The van der Waals surface area contributed by atoms with Gasteiger partial charge in [0.2, 0.25) is 0 Å². The molecule has 0 heterocycles. The minimum absolute atomic E-state index is 0.751. The van der Waals surface area contributed by atoms with Crippen molar-refractivity contribution in [1.29, 1.82) is 0 Å². The number of benzene rings is 2. The van der Waals surface area contributed by atoms with Crippen LogP contribution in [0.25, 0.3) is 0 Å². The molecule has 2 nitrogen and oxygen atoms in total. The summed E-state index contributed by atoms with van der Waals surface area (Å²) in [7, 11) is 0. The van der Waals surface area contributed by atoms with Gasteiger partial charge in [-0.25, -0.2) is 0 Å². The van der Waals surface area contributed by atoms with E-state index in [1.54, 1.807) is 0 Å². The number of ether oxygens (including phenoxy) is 1. The normalized spacial score (nSPS) is 10.1. The molecule has 0 unspecified atom stereocenters. The second-order valence-corrected chi connectivity index (χ2v) is 4.77. The van der Waals surface area contributed by atoms with Gasteiger partial charge in [-0.1, -0.05) is 12.1 Å². The van der Waals surface area contributed by atoms with Gasteiger partial charge in [-0.3, -0.25) is 0 Å². The van der Waals surface area contributed by atoms with E-state index in [1.807, 2.05) is 49.4 Å². The van der Waals surface area contributed by atoms with Crippen molar-refractivity contribution in [1.82, 2.24) is 0 Å². The van der Waals surface area contributed by atoms with Crippen LogP contribution in [0, 0.1) is 10.5 Å². The Morgan fingerprint density at radius 2 is 1.94 bits per heavy atom. The highest BCUT2D eigenvalue weighted by molar-refractivity contribution is 14.1. The fraction of sp³-hybridized carbons (Fsp3) is 0.0769. The van der Waals surface area contributed by atoms with Crippen LogP contribution in [0.5, 0.6) is 11.5 Å². The molecule has 0 bridgehead atoms. The van der Waals surface area contributed by atoms with Gasteiger partial charge >= 0.3 is 0 Å². The Bertz CT molecular complexity index is 511. The quantitative estimate of drug-likeness (QED) is 0.670. The Morgan fingerprint density at radius 3 is 2.62 bits per heavy atom. The predicted octanol–water partition coefficient (Wildman–Crippen LogP) is 3.97. The molecular formula is C13H12INO. The standard InChI is InChI=1S/C13H12INO/c1-9-3-2-4-11(7-9)16-13-6-5-10(15)8-12(13)14/h2-8H,15H2,1H3. The summed E-state index contributed by atoms with van der Waals surface area (Å²) in [6.07, 6.45) is 0. The lowest BCUT2D eigenvalue weighted by molar-refractivity contribution is 0.479. The number of nitrogens with two attached hydrogens (primary N) is 1. The lowest BCUT2D eigenvalue weighted by Crippen LogP contribution is -1.90. The molecule has 82 valence electrons. The van der Waals surface area contributed by atoms with E-state index in [1.165, 1.54) is 5.56 Å². The van der Waals surface area contributed by atoms with Gasteiger partial charge in [-0.05, 0) is 65.4 Å². The summed E-state index contributed by atoms with van der Waals surface area (Å²) in [5.74, 6) is 1.68. The molecule has 3 heteroatoms. The predicted molar refractivity (Wildman–Crippen MR) is 74.8 cm³/mol. The van der Waals surface area contributed by atoms with Crippen molar-refractivity contribution in [2.24, 2.45) is 0 Å². The van der Waals surface area contributed by atoms with E-state index < -0.39 is 0 Å². The lowest BCUT2D eigenvalue weighted by Gasteiger charge is -2.08. The summed E-state index contributed by atoms with van der Waals surface area (Å²) in [6, 6.07) is 13.6. The molecule has 0 aliphatic rings. The van der Waals surface area contributed by atoms with Crippen molar-refractivity contribution in [3.05, 3.63) is 51.6 Å². The van der Waals surface area contributed by atoms with Crippen LogP contribution in [0.1, 0.15) is 5.56 Å². The third-order valence-electron chi connectivity index (χ3n) is 2.17. The number of nitrogen functional groups attached to an aromatic ring is 1. The van der Waals surface area contributed by atoms with Crippen LogP contribution in [0.2, 0.25) is 0 Å². The van der Waals surface area contributed by atoms with E-state index in [2.05, 4.69) is 22.6 Å². The maximum atomic E-state index is 5.78. The Hall–Kier alpha value is -1.23. The molecule has 2 rings (SSSR count). The Labute approximate surface area is 109 Å². The van der Waals surface area contributed by atoms with Crippen molar-refractivity contribution < 1.29 is 4.74 Å². The van der Waals surface area contributed by atoms with Gasteiger partial charge < -0.3 is 10.5 Å². The van der Waals surface area contributed by atoms with Crippen LogP contribution in [0.15, 0.2) is 42.5 Å². The SMILES string of the molecule is Cc1cccc(Oc2ccc(N)cc2I)c1. The van der Waals surface area contributed by atoms with Crippen molar-refractivity contribution in [3.8, 4) is 11.5 Å². The largest absolute Gasteiger partial charge is 0.456 e. The van der Waals surface area contributed by atoms with Crippen molar-refractivity contribution in [2.75, 3.05) is 5.73 Å². The number of hydrogen-bond donors (Lipinski definition) is 1. The minimum Gasteiger partial charge on any atom is -0.456 e. The monoisotopic (exact) mass is 325 g/mol. The molecule has 0 aliphatic heterocycles. The average molecular weight is 325 g/mol. The summed E-state index contributed by atoms with van der Waals surface area (Å²) in [5.41, 5.74) is 7.62. The van der Waals surface area contributed by atoms with E-state index >= 15 is 0 Å². The summed E-state index contributed by atoms with van der Waals surface area (Å²) >= 11 is 2.22. The third kappa shape index (κ3) is 2.66. The molecule has 0 aliphatic carbocycles. The topological polar surface area (TPSA) is 35.2 Å². The molecule has 0 fully saturated rings. The Balaban J connectivity index is 2.27. The van der Waals surface area contributed by atoms with Gasteiger partial charge in [-0.15, -0.1) is 0 Å². The molecule has 2 aromatic carbocycles. The molecule has 0 saturated heterocycles. The zero-order valence-corrected chi connectivity index (χ0v) is 11.1. The molecule has 0 radical (unpaired) electrons. The fourth-order valence-corrected chi connectivity index (χ4v) is 2.06. The molecule has 0 amide bonds. The van der Waals surface area contributed by atoms with Crippen LogP contribution >= 0.6 is 22.6 Å². The van der Waals surface area contributed by atoms with Crippen LogP contribution in [0.4, 0.5) is 5.69 Å². The first-order valence-electron chi connectivity index (χ1n) is 4.95.